The fraction of sp³-hybridized carbons (Fsp3) is 1.00. The molecule has 2 heteroatoms. The Hall–Kier alpha value is -0.0800. The summed E-state index contributed by atoms with van der Waals surface area (Å²) in [6.07, 6.45) is 11.5. The molecule has 2 aliphatic carbocycles. The molecule has 3 aliphatic rings. The van der Waals surface area contributed by atoms with Gasteiger partial charge in [0.25, 0.3) is 0 Å². The van der Waals surface area contributed by atoms with Gasteiger partial charge in [0.2, 0.25) is 0 Å². The highest BCUT2D eigenvalue weighted by molar-refractivity contribution is 5.00. The Bertz CT molecular complexity index is 290. The van der Waals surface area contributed by atoms with E-state index >= 15 is 0 Å². The van der Waals surface area contributed by atoms with Gasteiger partial charge in [-0.3, -0.25) is 0 Å². The minimum atomic E-state index is 0.660. The Kier molecular flexibility index (Phi) is 4.19. The van der Waals surface area contributed by atoms with Gasteiger partial charge in [-0.25, -0.2) is 0 Å². The average molecular weight is 264 g/mol. The van der Waals surface area contributed by atoms with E-state index in [0.717, 1.165) is 23.9 Å². The molecule has 0 spiro atoms. The van der Waals surface area contributed by atoms with Crippen LogP contribution >= 0.6 is 0 Å². The second-order valence-electron chi connectivity index (χ2n) is 7.66. The van der Waals surface area contributed by atoms with Crippen molar-refractivity contribution in [1.82, 2.24) is 10.6 Å². The molecule has 2 N–H and O–H groups in total. The molecule has 1 aliphatic heterocycles. The lowest BCUT2D eigenvalue weighted by Crippen LogP contribution is -2.48. The zero-order valence-corrected chi connectivity index (χ0v) is 12.9. The van der Waals surface area contributed by atoms with Crippen LogP contribution in [0.4, 0.5) is 0 Å². The van der Waals surface area contributed by atoms with E-state index in [1.165, 1.54) is 64.5 Å². The maximum Gasteiger partial charge on any atom is 0.0110 e. The summed E-state index contributed by atoms with van der Waals surface area (Å²) in [6, 6.07) is 1.61. The Morgan fingerprint density at radius 3 is 2.58 bits per heavy atom. The molecule has 2 nitrogen and oxygen atoms in total. The third kappa shape index (κ3) is 3.00. The highest BCUT2D eigenvalue weighted by Crippen LogP contribution is 2.51. The molecular weight excluding hydrogens is 232 g/mol. The molecule has 2 saturated carbocycles. The van der Waals surface area contributed by atoms with Crippen LogP contribution in [0.15, 0.2) is 0 Å². The van der Waals surface area contributed by atoms with E-state index in [1.54, 1.807) is 0 Å². The summed E-state index contributed by atoms with van der Waals surface area (Å²) >= 11 is 0. The average Bonchev–Trinajstić information content (AvgIpc) is 3.09. The van der Waals surface area contributed by atoms with Crippen LogP contribution in [0.3, 0.4) is 0 Å². The van der Waals surface area contributed by atoms with Crippen molar-refractivity contribution in [1.29, 1.82) is 0 Å². The smallest absolute Gasteiger partial charge is 0.0110 e. The first-order valence-electron chi connectivity index (χ1n) is 8.68. The zero-order valence-electron chi connectivity index (χ0n) is 12.9. The Morgan fingerprint density at radius 1 is 1.11 bits per heavy atom. The van der Waals surface area contributed by atoms with Gasteiger partial charge in [0.15, 0.2) is 0 Å². The van der Waals surface area contributed by atoms with Crippen molar-refractivity contribution in [3.8, 4) is 0 Å². The summed E-state index contributed by atoms with van der Waals surface area (Å²) in [4.78, 5) is 0. The second kappa shape index (κ2) is 5.73. The minimum Gasteiger partial charge on any atom is -0.314 e. The molecule has 19 heavy (non-hydrogen) atoms. The van der Waals surface area contributed by atoms with Crippen LogP contribution in [0, 0.1) is 17.3 Å². The first kappa shape index (κ1) is 13.9. The molecule has 3 unspecified atom stereocenters. The number of piperidine rings is 1. The molecule has 0 aromatic rings. The molecule has 3 rings (SSSR count). The summed E-state index contributed by atoms with van der Waals surface area (Å²) < 4.78 is 0. The molecule has 0 aromatic carbocycles. The maximum atomic E-state index is 3.97. The van der Waals surface area contributed by atoms with Crippen molar-refractivity contribution in [2.24, 2.45) is 17.3 Å². The van der Waals surface area contributed by atoms with Crippen LogP contribution in [0.25, 0.3) is 0 Å². The molecule has 3 atom stereocenters. The standard InChI is InChI=1S/C17H32N2/c1-13(2)17(9-10-17)12-19-16-8-5-6-14(16)15-7-3-4-11-18-15/h13-16,18-19H,3-12H2,1-2H3. The van der Waals surface area contributed by atoms with Gasteiger partial charge in [0.1, 0.15) is 0 Å². The largest absolute Gasteiger partial charge is 0.314 e. The summed E-state index contributed by atoms with van der Waals surface area (Å²) in [5, 5.41) is 7.76. The van der Waals surface area contributed by atoms with Crippen molar-refractivity contribution in [3.05, 3.63) is 0 Å². The fourth-order valence-corrected chi connectivity index (χ4v) is 4.42. The van der Waals surface area contributed by atoms with Gasteiger partial charge in [-0.05, 0) is 62.3 Å². The van der Waals surface area contributed by atoms with Crippen LogP contribution in [0.5, 0.6) is 0 Å². The topological polar surface area (TPSA) is 24.1 Å². The van der Waals surface area contributed by atoms with E-state index in [0.29, 0.717) is 5.41 Å². The first-order chi connectivity index (χ1) is 9.21. The molecule has 1 heterocycles. The van der Waals surface area contributed by atoms with E-state index in [9.17, 15) is 0 Å². The quantitative estimate of drug-likeness (QED) is 0.796. The zero-order chi connectivity index (χ0) is 13.3. The number of rotatable bonds is 5. The van der Waals surface area contributed by atoms with E-state index in [1.807, 2.05) is 0 Å². The van der Waals surface area contributed by atoms with Gasteiger partial charge < -0.3 is 10.6 Å². The number of hydrogen-bond acceptors (Lipinski definition) is 2. The van der Waals surface area contributed by atoms with Crippen LogP contribution in [0.2, 0.25) is 0 Å². The van der Waals surface area contributed by atoms with Crippen molar-refractivity contribution in [2.75, 3.05) is 13.1 Å². The van der Waals surface area contributed by atoms with E-state index in [-0.39, 0.29) is 0 Å². The van der Waals surface area contributed by atoms with Gasteiger partial charge in [-0.15, -0.1) is 0 Å². The summed E-state index contributed by atoms with van der Waals surface area (Å²) in [7, 11) is 0. The van der Waals surface area contributed by atoms with E-state index in [2.05, 4.69) is 24.5 Å². The summed E-state index contributed by atoms with van der Waals surface area (Å²) in [5.41, 5.74) is 0.660. The van der Waals surface area contributed by atoms with Crippen LogP contribution in [-0.4, -0.2) is 25.2 Å². The highest BCUT2D eigenvalue weighted by atomic mass is 15.0. The number of hydrogen-bond donors (Lipinski definition) is 2. The lowest BCUT2D eigenvalue weighted by molar-refractivity contribution is 0.238. The SMILES string of the molecule is CC(C)C1(CNC2CCCC2C2CCCCN2)CC1. The molecule has 3 fully saturated rings. The Balaban J connectivity index is 1.52. The van der Waals surface area contributed by atoms with Gasteiger partial charge in [-0.2, -0.15) is 0 Å². The van der Waals surface area contributed by atoms with Gasteiger partial charge in [0, 0.05) is 18.6 Å². The maximum absolute atomic E-state index is 3.97. The normalized spacial score (nSPS) is 37.7. The molecule has 0 aromatic heterocycles. The third-order valence-electron chi connectivity index (χ3n) is 6.27. The highest BCUT2D eigenvalue weighted by Gasteiger charge is 2.46. The summed E-state index contributed by atoms with van der Waals surface area (Å²) in [6.45, 7) is 7.34. The first-order valence-corrected chi connectivity index (χ1v) is 8.68. The van der Waals surface area contributed by atoms with Gasteiger partial charge >= 0.3 is 0 Å². The molecule has 0 bridgehead atoms. The lowest BCUT2D eigenvalue weighted by atomic mass is 9.87. The molecule has 1 saturated heterocycles. The van der Waals surface area contributed by atoms with Crippen LogP contribution in [-0.2, 0) is 0 Å². The monoisotopic (exact) mass is 264 g/mol. The van der Waals surface area contributed by atoms with Crippen molar-refractivity contribution in [2.45, 2.75) is 77.3 Å². The predicted octanol–water partition coefficient (Wildman–Crippen LogP) is 3.32. The third-order valence-corrected chi connectivity index (χ3v) is 6.27. The van der Waals surface area contributed by atoms with Crippen LogP contribution in [0.1, 0.15) is 65.2 Å². The van der Waals surface area contributed by atoms with Crippen molar-refractivity contribution < 1.29 is 0 Å². The number of nitrogens with one attached hydrogen (secondary N) is 2. The molecular formula is C17H32N2. The van der Waals surface area contributed by atoms with E-state index < -0.39 is 0 Å². The molecule has 0 amide bonds. The predicted molar refractivity (Wildman–Crippen MR) is 81.3 cm³/mol. The molecule has 110 valence electrons. The van der Waals surface area contributed by atoms with Gasteiger partial charge in [-0.1, -0.05) is 26.7 Å². The van der Waals surface area contributed by atoms with Crippen LogP contribution < -0.4 is 10.6 Å². The van der Waals surface area contributed by atoms with E-state index in [4.69, 9.17) is 0 Å². The second-order valence-corrected chi connectivity index (χ2v) is 7.66. The minimum absolute atomic E-state index is 0.660. The Morgan fingerprint density at radius 2 is 1.95 bits per heavy atom. The lowest BCUT2D eigenvalue weighted by Gasteiger charge is -2.34. The van der Waals surface area contributed by atoms with Gasteiger partial charge in [0.05, 0.1) is 0 Å². The fourth-order valence-electron chi connectivity index (χ4n) is 4.42. The summed E-state index contributed by atoms with van der Waals surface area (Å²) in [5.74, 6) is 1.76. The van der Waals surface area contributed by atoms with Crippen molar-refractivity contribution in [3.63, 3.8) is 0 Å². The van der Waals surface area contributed by atoms with Crippen molar-refractivity contribution >= 4 is 0 Å². The molecule has 0 radical (unpaired) electrons. The Labute approximate surface area is 119 Å².